The van der Waals surface area contributed by atoms with Gasteiger partial charge in [0, 0.05) is 10.7 Å². The number of nitrogens with zero attached hydrogens (tertiary/aromatic N) is 1. The fourth-order valence-corrected chi connectivity index (χ4v) is 3.38. The van der Waals surface area contributed by atoms with Gasteiger partial charge in [0.2, 0.25) is 0 Å². The summed E-state index contributed by atoms with van der Waals surface area (Å²) >= 11 is 12.2. The monoisotopic (exact) mass is 438 g/mol. The van der Waals surface area contributed by atoms with Gasteiger partial charge in [0.15, 0.2) is 0 Å². The van der Waals surface area contributed by atoms with Crippen molar-refractivity contribution in [1.29, 1.82) is 0 Å². The molecule has 30 heavy (non-hydrogen) atoms. The first-order valence-electron chi connectivity index (χ1n) is 9.09. The molecule has 0 spiro atoms. The number of ether oxygens (including phenoxy) is 1. The topological polar surface area (TPSA) is 58.6 Å². The first-order chi connectivity index (χ1) is 14.4. The molecular weight excluding hydrogens is 423 g/mol. The Balaban J connectivity index is 1.55. The lowest BCUT2D eigenvalue weighted by Crippen LogP contribution is -2.32. The highest BCUT2D eigenvalue weighted by molar-refractivity contribution is 6.53. The molecule has 0 saturated carbocycles. The van der Waals surface area contributed by atoms with Crippen LogP contribution in [0.2, 0.25) is 5.02 Å². The van der Waals surface area contributed by atoms with Crippen molar-refractivity contribution in [2.45, 2.75) is 6.92 Å². The van der Waals surface area contributed by atoms with Gasteiger partial charge in [-0.1, -0.05) is 47.5 Å². The Morgan fingerprint density at radius 2 is 1.50 bits per heavy atom. The number of hydrogen-bond acceptors (Lipinski definition) is 4. The molecule has 2 amide bonds. The van der Waals surface area contributed by atoms with Crippen LogP contribution >= 0.6 is 23.2 Å². The third kappa shape index (κ3) is 3.90. The molecule has 4 rings (SSSR count). The van der Waals surface area contributed by atoms with E-state index in [1.807, 2.05) is 43.3 Å². The molecule has 3 aromatic rings. The van der Waals surface area contributed by atoms with Crippen molar-refractivity contribution in [3.63, 3.8) is 0 Å². The zero-order valence-electron chi connectivity index (χ0n) is 15.9. The van der Waals surface area contributed by atoms with E-state index in [2.05, 4.69) is 5.32 Å². The summed E-state index contributed by atoms with van der Waals surface area (Å²) in [7, 11) is 0. The first kappa shape index (κ1) is 20.0. The minimum absolute atomic E-state index is 0.0108. The van der Waals surface area contributed by atoms with Crippen molar-refractivity contribution >= 4 is 46.4 Å². The van der Waals surface area contributed by atoms with E-state index in [0.717, 1.165) is 10.5 Å². The van der Waals surface area contributed by atoms with Gasteiger partial charge in [0.1, 0.15) is 22.2 Å². The van der Waals surface area contributed by atoms with Crippen LogP contribution in [0.25, 0.3) is 0 Å². The van der Waals surface area contributed by atoms with Crippen LogP contribution in [-0.2, 0) is 9.59 Å². The Morgan fingerprint density at radius 3 is 2.20 bits per heavy atom. The van der Waals surface area contributed by atoms with Crippen LogP contribution in [0.3, 0.4) is 0 Å². The molecule has 0 atom stereocenters. The molecule has 0 fully saturated rings. The van der Waals surface area contributed by atoms with Gasteiger partial charge in [-0.2, -0.15) is 0 Å². The lowest BCUT2D eigenvalue weighted by atomic mass is 10.2. The fraction of sp³-hybridized carbons (Fsp3) is 0.0435. The molecule has 5 nitrogen and oxygen atoms in total. The molecule has 0 aromatic heterocycles. The van der Waals surface area contributed by atoms with E-state index in [0.29, 0.717) is 27.9 Å². The second kappa shape index (κ2) is 8.22. The van der Waals surface area contributed by atoms with Crippen LogP contribution in [-0.4, -0.2) is 11.8 Å². The van der Waals surface area contributed by atoms with Crippen molar-refractivity contribution in [2.24, 2.45) is 0 Å². The Kier molecular flexibility index (Phi) is 5.48. The number of halogens is 2. The number of benzene rings is 3. The van der Waals surface area contributed by atoms with Gasteiger partial charge < -0.3 is 10.1 Å². The van der Waals surface area contributed by atoms with Gasteiger partial charge in [-0.3, -0.25) is 9.59 Å². The smallest absolute Gasteiger partial charge is 0.283 e. The number of aryl methyl sites for hydroxylation is 1. The lowest BCUT2D eigenvalue weighted by Gasteiger charge is -2.16. The molecule has 3 aromatic carbocycles. The maximum Gasteiger partial charge on any atom is 0.283 e. The average Bonchev–Trinajstić information content (AvgIpc) is 2.95. The summed E-state index contributed by atoms with van der Waals surface area (Å²) in [5.74, 6) is 0.129. The van der Waals surface area contributed by atoms with Crippen molar-refractivity contribution in [3.05, 3.63) is 94.1 Å². The van der Waals surface area contributed by atoms with Crippen LogP contribution in [0.1, 0.15) is 5.56 Å². The molecule has 0 bridgehead atoms. The molecule has 7 heteroatoms. The maximum absolute atomic E-state index is 12.9. The number of para-hydroxylation sites is 1. The standard InChI is InChI=1S/C23H16Cl2N2O3/c1-14-7-8-15(24)13-19(14)26-21-20(25)22(28)27(23(21)29)16-9-11-18(12-10-16)30-17-5-3-2-4-6-17/h2-13,26H,1H3. The second-order valence-corrected chi connectivity index (χ2v) is 7.44. The molecule has 1 aliphatic heterocycles. The molecule has 1 aliphatic rings. The summed E-state index contributed by atoms with van der Waals surface area (Å²) in [6, 6.07) is 21.2. The van der Waals surface area contributed by atoms with Crippen LogP contribution in [0.5, 0.6) is 11.5 Å². The molecule has 0 radical (unpaired) electrons. The molecule has 0 unspecified atom stereocenters. The highest BCUT2D eigenvalue weighted by Crippen LogP contribution is 2.33. The van der Waals surface area contributed by atoms with Crippen molar-refractivity contribution < 1.29 is 14.3 Å². The van der Waals surface area contributed by atoms with Crippen LogP contribution in [0, 0.1) is 6.92 Å². The number of anilines is 2. The number of rotatable bonds is 5. The van der Waals surface area contributed by atoms with Crippen LogP contribution < -0.4 is 15.0 Å². The van der Waals surface area contributed by atoms with Crippen molar-refractivity contribution in [1.82, 2.24) is 0 Å². The van der Waals surface area contributed by atoms with Crippen LogP contribution in [0.4, 0.5) is 11.4 Å². The van der Waals surface area contributed by atoms with Gasteiger partial charge in [0.05, 0.1) is 5.69 Å². The summed E-state index contributed by atoms with van der Waals surface area (Å²) in [5, 5.41) is 3.28. The summed E-state index contributed by atoms with van der Waals surface area (Å²) in [6.45, 7) is 1.86. The van der Waals surface area contributed by atoms with Gasteiger partial charge in [-0.25, -0.2) is 4.90 Å². The van der Waals surface area contributed by atoms with E-state index in [4.69, 9.17) is 27.9 Å². The minimum atomic E-state index is -0.597. The molecule has 150 valence electrons. The van der Waals surface area contributed by atoms with Gasteiger partial charge in [-0.05, 0) is 61.0 Å². The van der Waals surface area contributed by atoms with E-state index in [1.165, 1.54) is 0 Å². The minimum Gasteiger partial charge on any atom is -0.457 e. The summed E-state index contributed by atoms with van der Waals surface area (Å²) in [6.07, 6.45) is 0. The lowest BCUT2D eigenvalue weighted by molar-refractivity contribution is -0.120. The summed E-state index contributed by atoms with van der Waals surface area (Å²) in [5.41, 5.74) is 1.86. The highest BCUT2D eigenvalue weighted by Gasteiger charge is 2.39. The second-order valence-electron chi connectivity index (χ2n) is 6.63. The number of nitrogens with one attached hydrogen (secondary N) is 1. The van der Waals surface area contributed by atoms with Gasteiger partial charge in [-0.15, -0.1) is 0 Å². The van der Waals surface area contributed by atoms with E-state index in [1.54, 1.807) is 36.4 Å². The van der Waals surface area contributed by atoms with E-state index in [-0.39, 0.29) is 10.7 Å². The predicted molar refractivity (Wildman–Crippen MR) is 118 cm³/mol. The van der Waals surface area contributed by atoms with Crippen molar-refractivity contribution in [3.8, 4) is 11.5 Å². The number of amides is 2. The highest BCUT2D eigenvalue weighted by atomic mass is 35.5. The number of imide groups is 1. The average molecular weight is 439 g/mol. The largest absolute Gasteiger partial charge is 0.457 e. The zero-order chi connectivity index (χ0) is 21.3. The zero-order valence-corrected chi connectivity index (χ0v) is 17.4. The summed E-state index contributed by atoms with van der Waals surface area (Å²) in [4.78, 5) is 26.6. The van der Waals surface area contributed by atoms with E-state index in [9.17, 15) is 9.59 Å². The predicted octanol–water partition coefficient (Wildman–Crippen LogP) is 5.88. The molecule has 1 N–H and O–H groups in total. The maximum atomic E-state index is 12.9. The SMILES string of the molecule is Cc1ccc(Cl)cc1NC1=C(Cl)C(=O)N(c2ccc(Oc3ccccc3)cc2)C1=O. The van der Waals surface area contributed by atoms with Crippen molar-refractivity contribution in [2.75, 3.05) is 10.2 Å². The van der Waals surface area contributed by atoms with Crippen LogP contribution in [0.15, 0.2) is 83.5 Å². The molecular formula is C23H16Cl2N2O3. The van der Waals surface area contributed by atoms with Gasteiger partial charge in [0.25, 0.3) is 11.8 Å². The number of hydrogen-bond donors (Lipinski definition) is 1. The van der Waals surface area contributed by atoms with Gasteiger partial charge >= 0.3 is 0 Å². The summed E-state index contributed by atoms with van der Waals surface area (Å²) < 4.78 is 5.75. The number of carbonyl (C=O) groups is 2. The third-order valence-electron chi connectivity index (χ3n) is 4.56. The Morgan fingerprint density at radius 1 is 0.833 bits per heavy atom. The van der Waals surface area contributed by atoms with E-state index >= 15 is 0 Å². The fourth-order valence-electron chi connectivity index (χ4n) is 3.00. The Labute approximate surface area is 183 Å². The first-order valence-corrected chi connectivity index (χ1v) is 9.84. The quantitative estimate of drug-likeness (QED) is 0.505. The number of carbonyl (C=O) groups excluding carboxylic acids is 2. The third-order valence-corrected chi connectivity index (χ3v) is 5.15. The Hall–Kier alpha value is -3.28. The molecule has 0 saturated heterocycles. The normalized spacial score (nSPS) is 13.8. The Bertz CT molecular complexity index is 1160. The van der Waals surface area contributed by atoms with E-state index < -0.39 is 11.8 Å². The molecule has 0 aliphatic carbocycles. The molecule has 1 heterocycles.